The Morgan fingerprint density at radius 2 is 1.63 bits per heavy atom. The second-order valence-electron chi connectivity index (χ2n) is 8.95. The van der Waals surface area contributed by atoms with Crippen LogP contribution in [0.1, 0.15) is 48.0 Å². The second-order valence-corrected chi connectivity index (χ2v) is 8.95. The predicted molar refractivity (Wildman–Crippen MR) is 95.8 cm³/mol. The fourth-order valence-electron chi connectivity index (χ4n) is 3.14. The number of likely N-dealkylation sites (tertiary alicyclic amines) is 2. The number of nitrogens with zero attached hydrogens (tertiary/aromatic N) is 2. The van der Waals surface area contributed by atoms with E-state index in [0.29, 0.717) is 13.0 Å². The molecule has 2 bridgehead atoms. The molecule has 9 nitrogen and oxygen atoms in total. The lowest BCUT2D eigenvalue weighted by Crippen LogP contribution is -2.53. The highest BCUT2D eigenvalue weighted by Gasteiger charge is 2.48. The van der Waals surface area contributed by atoms with E-state index in [0.717, 1.165) is 4.90 Å². The summed E-state index contributed by atoms with van der Waals surface area (Å²) in [5, 5.41) is 2.41. The lowest BCUT2D eigenvalue weighted by Gasteiger charge is -2.32. The molecule has 2 atom stereocenters. The SMILES string of the molecule is CC(C)(C)OC(=O)NCC(=O)N1C[C@@H]2C[C@H]1C(=O)N(C(=O)OC(C)(C)C)C2. The van der Waals surface area contributed by atoms with E-state index in [9.17, 15) is 19.2 Å². The van der Waals surface area contributed by atoms with Crippen LogP contribution in [0.5, 0.6) is 0 Å². The maximum absolute atomic E-state index is 12.7. The van der Waals surface area contributed by atoms with Gasteiger partial charge in [0, 0.05) is 13.1 Å². The maximum Gasteiger partial charge on any atom is 0.417 e. The number of piperidine rings is 1. The van der Waals surface area contributed by atoms with Crippen molar-refractivity contribution in [3.05, 3.63) is 0 Å². The van der Waals surface area contributed by atoms with Crippen LogP contribution in [0, 0.1) is 5.92 Å². The minimum Gasteiger partial charge on any atom is -0.444 e. The number of imide groups is 1. The Bertz CT molecular complexity index is 634. The van der Waals surface area contributed by atoms with Gasteiger partial charge in [0.25, 0.3) is 5.91 Å². The summed E-state index contributed by atoms with van der Waals surface area (Å²) in [7, 11) is 0. The van der Waals surface area contributed by atoms with E-state index in [2.05, 4.69) is 5.32 Å². The quantitative estimate of drug-likeness (QED) is 0.775. The van der Waals surface area contributed by atoms with Crippen molar-refractivity contribution in [3.63, 3.8) is 0 Å². The average Bonchev–Trinajstić information content (AvgIpc) is 2.84. The zero-order valence-electron chi connectivity index (χ0n) is 16.8. The maximum atomic E-state index is 12.7. The Kier molecular flexibility index (Phi) is 5.72. The molecule has 2 saturated heterocycles. The van der Waals surface area contributed by atoms with E-state index in [4.69, 9.17) is 9.47 Å². The van der Waals surface area contributed by atoms with Gasteiger partial charge in [-0.25, -0.2) is 14.5 Å². The highest BCUT2D eigenvalue weighted by molar-refractivity contribution is 5.98. The highest BCUT2D eigenvalue weighted by Crippen LogP contribution is 2.31. The van der Waals surface area contributed by atoms with Crippen LogP contribution in [0.15, 0.2) is 0 Å². The average molecular weight is 383 g/mol. The summed E-state index contributed by atoms with van der Waals surface area (Å²) < 4.78 is 10.4. The first kappa shape index (κ1) is 21.0. The molecule has 2 heterocycles. The van der Waals surface area contributed by atoms with Crippen LogP contribution in [-0.2, 0) is 19.1 Å². The first-order valence-electron chi connectivity index (χ1n) is 9.07. The smallest absolute Gasteiger partial charge is 0.417 e. The van der Waals surface area contributed by atoms with Crippen LogP contribution in [0.2, 0.25) is 0 Å². The molecular weight excluding hydrogens is 354 g/mol. The Morgan fingerprint density at radius 1 is 1.04 bits per heavy atom. The van der Waals surface area contributed by atoms with Crippen molar-refractivity contribution in [2.75, 3.05) is 19.6 Å². The molecule has 0 aromatic heterocycles. The standard InChI is InChI=1S/C18H29N3O6/c1-17(2,3)26-15(24)19-8-13(22)20-9-11-7-12(20)14(23)21(10-11)16(25)27-18(4,5)6/h11-12H,7-10H2,1-6H3,(H,19,24)/t11-,12-/m0/s1. The number of fused-ring (bicyclic) bond motifs is 2. The van der Waals surface area contributed by atoms with Crippen molar-refractivity contribution in [1.29, 1.82) is 0 Å². The molecule has 4 amide bonds. The minimum absolute atomic E-state index is 0.00527. The monoisotopic (exact) mass is 383 g/mol. The number of carbonyl (C=O) groups is 4. The molecule has 2 rings (SSSR count). The third-order valence-corrected chi connectivity index (χ3v) is 4.10. The van der Waals surface area contributed by atoms with Crippen molar-refractivity contribution < 1.29 is 28.7 Å². The van der Waals surface area contributed by atoms with Gasteiger partial charge in [0.05, 0.1) is 0 Å². The van der Waals surface area contributed by atoms with Crippen LogP contribution in [0.4, 0.5) is 9.59 Å². The van der Waals surface area contributed by atoms with Gasteiger partial charge in [-0.3, -0.25) is 9.59 Å². The van der Waals surface area contributed by atoms with Gasteiger partial charge in [-0.15, -0.1) is 0 Å². The predicted octanol–water partition coefficient (Wildman–Crippen LogP) is 1.51. The van der Waals surface area contributed by atoms with Crippen LogP contribution in [0.3, 0.4) is 0 Å². The van der Waals surface area contributed by atoms with E-state index < -0.39 is 35.3 Å². The lowest BCUT2D eigenvalue weighted by molar-refractivity contribution is -0.142. The van der Waals surface area contributed by atoms with Crippen molar-refractivity contribution in [2.45, 2.75) is 65.2 Å². The Hall–Kier alpha value is -2.32. The van der Waals surface area contributed by atoms with Gasteiger partial charge in [-0.2, -0.15) is 0 Å². The first-order valence-corrected chi connectivity index (χ1v) is 9.07. The van der Waals surface area contributed by atoms with Gasteiger partial charge < -0.3 is 19.7 Å². The van der Waals surface area contributed by atoms with Gasteiger partial charge >= 0.3 is 12.2 Å². The fourth-order valence-corrected chi connectivity index (χ4v) is 3.14. The molecule has 2 aliphatic heterocycles. The lowest BCUT2D eigenvalue weighted by atomic mass is 10.00. The largest absolute Gasteiger partial charge is 0.444 e. The molecule has 0 spiro atoms. The Morgan fingerprint density at radius 3 is 2.19 bits per heavy atom. The number of alkyl carbamates (subject to hydrolysis) is 1. The zero-order chi connectivity index (χ0) is 20.6. The van der Waals surface area contributed by atoms with E-state index in [-0.39, 0.29) is 24.9 Å². The molecule has 0 radical (unpaired) electrons. The van der Waals surface area contributed by atoms with Crippen molar-refractivity contribution in [1.82, 2.24) is 15.1 Å². The van der Waals surface area contributed by atoms with E-state index in [1.54, 1.807) is 41.5 Å². The molecule has 2 aliphatic rings. The molecule has 9 heteroatoms. The summed E-state index contributed by atoms with van der Waals surface area (Å²) in [4.78, 5) is 51.6. The zero-order valence-corrected chi connectivity index (χ0v) is 16.8. The van der Waals surface area contributed by atoms with Crippen molar-refractivity contribution >= 4 is 24.0 Å². The number of rotatable bonds is 2. The van der Waals surface area contributed by atoms with Gasteiger partial charge in [0.15, 0.2) is 0 Å². The normalized spacial score (nSPS) is 22.5. The van der Waals surface area contributed by atoms with Crippen LogP contribution in [-0.4, -0.2) is 70.7 Å². The third-order valence-electron chi connectivity index (χ3n) is 4.10. The van der Waals surface area contributed by atoms with Crippen molar-refractivity contribution in [2.24, 2.45) is 5.92 Å². The molecule has 0 unspecified atom stereocenters. The van der Waals surface area contributed by atoms with Gasteiger partial charge in [-0.05, 0) is 53.9 Å². The van der Waals surface area contributed by atoms with Crippen LogP contribution < -0.4 is 5.32 Å². The van der Waals surface area contributed by atoms with Gasteiger partial charge in [-0.1, -0.05) is 0 Å². The molecule has 2 fully saturated rings. The summed E-state index contributed by atoms with van der Waals surface area (Å²) in [5.74, 6) is -0.818. The summed E-state index contributed by atoms with van der Waals surface area (Å²) in [6.45, 7) is 10.7. The van der Waals surface area contributed by atoms with Crippen LogP contribution >= 0.6 is 0 Å². The fraction of sp³-hybridized carbons (Fsp3) is 0.778. The summed E-state index contributed by atoms with van der Waals surface area (Å²) >= 11 is 0. The van der Waals surface area contributed by atoms with Crippen LogP contribution in [0.25, 0.3) is 0 Å². The third kappa shape index (κ3) is 5.58. The Labute approximate surface area is 159 Å². The molecule has 0 aliphatic carbocycles. The van der Waals surface area contributed by atoms with E-state index >= 15 is 0 Å². The topological polar surface area (TPSA) is 105 Å². The summed E-state index contributed by atoms with van der Waals surface area (Å²) in [5.41, 5.74) is -1.37. The van der Waals surface area contributed by atoms with Crippen molar-refractivity contribution in [3.8, 4) is 0 Å². The summed E-state index contributed by atoms with van der Waals surface area (Å²) in [6.07, 6.45) is -0.876. The molecule has 0 aromatic carbocycles. The highest BCUT2D eigenvalue weighted by atomic mass is 16.6. The summed E-state index contributed by atoms with van der Waals surface area (Å²) in [6, 6.07) is -0.704. The van der Waals surface area contributed by atoms with E-state index in [1.807, 2.05) is 0 Å². The number of amides is 4. The molecule has 27 heavy (non-hydrogen) atoms. The Balaban J connectivity index is 1.96. The second kappa shape index (κ2) is 7.36. The first-order chi connectivity index (χ1) is 12.3. The number of hydrogen-bond acceptors (Lipinski definition) is 6. The molecular formula is C18H29N3O6. The molecule has 1 N–H and O–H groups in total. The number of carbonyl (C=O) groups excluding carboxylic acids is 4. The number of hydrogen-bond donors (Lipinski definition) is 1. The van der Waals surface area contributed by atoms with Gasteiger partial charge in [0.2, 0.25) is 5.91 Å². The molecule has 152 valence electrons. The number of ether oxygens (including phenoxy) is 2. The molecule has 0 saturated carbocycles. The minimum atomic E-state index is -0.708. The van der Waals surface area contributed by atoms with Gasteiger partial charge in [0.1, 0.15) is 23.8 Å². The number of nitrogens with one attached hydrogen (secondary N) is 1. The molecule has 0 aromatic rings. The van der Waals surface area contributed by atoms with E-state index in [1.165, 1.54) is 4.90 Å².